The number of carboxylic acids is 1. The second-order valence-electron chi connectivity index (χ2n) is 6.76. The fraction of sp³-hybridized carbons (Fsp3) is 0.867. The average molecular weight is 281 g/mol. The van der Waals surface area contributed by atoms with Crippen molar-refractivity contribution in [3.63, 3.8) is 0 Å². The highest BCUT2D eigenvalue weighted by Crippen LogP contribution is 2.59. The molecule has 1 amide bonds. The molecule has 5 heteroatoms. The standard InChI is InChI=1S/C15H23NO4/c1-20-15(3-2-4-15)10-12(17)16-7-5-14(6-8-16)9-11(14)13(18)19/h11H,2-10H2,1H3,(H,18,19). The Balaban J connectivity index is 1.51. The fourth-order valence-corrected chi connectivity index (χ4v) is 3.86. The largest absolute Gasteiger partial charge is 0.481 e. The zero-order chi connectivity index (χ0) is 14.4. The zero-order valence-electron chi connectivity index (χ0n) is 12.1. The molecule has 112 valence electrons. The van der Waals surface area contributed by atoms with Gasteiger partial charge in [-0.3, -0.25) is 9.59 Å². The predicted molar refractivity (Wildman–Crippen MR) is 72.2 cm³/mol. The summed E-state index contributed by atoms with van der Waals surface area (Å²) in [5, 5.41) is 9.07. The number of carbonyl (C=O) groups excluding carboxylic acids is 1. The monoisotopic (exact) mass is 281 g/mol. The number of nitrogens with zero attached hydrogens (tertiary/aromatic N) is 1. The van der Waals surface area contributed by atoms with Crippen molar-refractivity contribution in [2.24, 2.45) is 11.3 Å². The molecule has 1 heterocycles. The summed E-state index contributed by atoms with van der Waals surface area (Å²) in [7, 11) is 1.69. The van der Waals surface area contributed by atoms with Crippen LogP contribution in [0.1, 0.15) is 44.9 Å². The number of aliphatic carboxylic acids is 1. The van der Waals surface area contributed by atoms with Gasteiger partial charge in [-0.05, 0) is 43.9 Å². The number of amides is 1. The number of hydrogen-bond donors (Lipinski definition) is 1. The third kappa shape index (κ3) is 2.22. The first-order chi connectivity index (χ1) is 9.50. The molecule has 3 rings (SSSR count). The predicted octanol–water partition coefficient (Wildman–Crippen LogP) is 1.66. The Labute approximate surface area is 119 Å². The summed E-state index contributed by atoms with van der Waals surface area (Å²) in [5.74, 6) is -0.664. The van der Waals surface area contributed by atoms with Crippen LogP contribution in [0.5, 0.6) is 0 Å². The molecule has 2 aliphatic carbocycles. The number of likely N-dealkylation sites (tertiary alicyclic amines) is 1. The minimum absolute atomic E-state index is 0.00196. The van der Waals surface area contributed by atoms with Crippen LogP contribution in [0.3, 0.4) is 0 Å². The maximum atomic E-state index is 12.3. The first kappa shape index (κ1) is 13.9. The van der Waals surface area contributed by atoms with Crippen molar-refractivity contribution in [1.82, 2.24) is 4.90 Å². The lowest BCUT2D eigenvalue weighted by molar-refractivity contribution is -0.145. The lowest BCUT2D eigenvalue weighted by Gasteiger charge is -2.42. The van der Waals surface area contributed by atoms with Gasteiger partial charge in [0, 0.05) is 20.2 Å². The van der Waals surface area contributed by atoms with Gasteiger partial charge in [-0.15, -0.1) is 0 Å². The van der Waals surface area contributed by atoms with Crippen LogP contribution < -0.4 is 0 Å². The molecule has 1 spiro atoms. The Bertz CT molecular complexity index is 416. The van der Waals surface area contributed by atoms with E-state index < -0.39 is 5.97 Å². The maximum absolute atomic E-state index is 12.3. The van der Waals surface area contributed by atoms with E-state index in [0.29, 0.717) is 19.5 Å². The molecule has 20 heavy (non-hydrogen) atoms. The van der Waals surface area contributed by atoms with Crippen molar-refractivity contribution < 1.29 is 19.4 Å². The van der Waals surface area contributed by atoms with E-state index in [4.69, 9.17) is 9.84 Å². The summed E-state index contributed by atoms with van der Waals surface area (Å²) in [6.45, 7) is 1.42. The molecule has 1 unspecified atom stereocenters. The van der Waals surface area contributed by atoms with Crippen molar-refractivity contribution in [3.05, 3.63) is 0 Å². The van der Waals surface area contributed by atoms with Crippen molar-refractivity contribution in [2.45, 2.75) is 50.5 Å². The average Bonchev–Trinajstić information content (AvgIpc) is 3.09. The molecule has 1 N–H and O–H groups in total. The van der Waals surface area contributed by atoms with Crippen molar-refractivity contribution in [3.8, 4) is 0 Å². The number of carboxylic acid groups (broad SMARTS) is 1. The van der Waals surface area contributed by atoms with Gasteiger partial charge in [-0.1, -0.05) is 0 Å². The Morgan fingerprint density at radius 2 is 1.90 bits per heavy atom. The molecular weight excluding hydrogens is 258 g/mol. The van der Waals surface area contributed by atoms with E-state index in [1.807, 2.05) is 4.90 Å². The van der Waals surface area contributed by atoms with Gasteiger partial charge in [0.15, 0.2) is 0 Å². The number of hydrogen-bond acceptors (Lipinski definition) is 3. The van der Waals surface area contributed by atoms with E-state index in [9.17, 15) is 9.59 Å². The van der Waals surface area contributed by atoms with Crippen LogP contribution in [-0.2, 0) is 14.3 Å². The molecule has 0 bridgehead atoms. The Kier molecular flexibility index (Phi) is 3.27. The van der Waals surface area contributed by atoms with Crippen molar-refractivity contribution in [1.29, 1.82) is 0 Å². The minimum atomic E-state index is -0.669. The van der Waals surface area contributed by atoms with E-state index in [1.54, 1.807) is 7.11 Å². The molecular formula is C15H23NO4. The lowest BCUT2D eigenvalue weighted by Crippen LogP contribution is -2.47. The highest BCUT2D eigenvalue weighted by Gasteiger charge is 2.59. The van der Waals surface area contributed by atoms with Crippen molar-refractivity contribution in [2.75, 3.05) is 20.2 Å². The Morgan fingerprint density at radius 3 is 2.30 bits per heavy atom. The zero-order valence-corrected chi connectivity index (χ0v) is 12.1. The minimum Gasteiger partial charge on any atom is -0.481 e. The highest BCUT2D eigenvalue weighted by molar-refractivity contribution is 5.78. The highest BCUT2D eigenvalue weighted by atomic mass is 16.5. The molecule has 2 saturated carbocycles. The van der Waals surface area contributed by atoms with Gasteiger partial charge in [-0.25, -0.2) is 0 Å². The topological polar surface area (TPSA) is 66.8 Å². The third-order valence-corrected chi connectivity index (χ3v) is 5.77. The van der Waals surface area contributed by atoms with Crippen LogP contribution in [0.4, 0.5) is 0 Å². The molecule has 1 atom stereocenters. The Hall–Kier alpha value is -1.10. The molecule has 0 aromatic rings. The van der Waals surface area contributed by atoms with Crippen molar-refractivity contribution >= 4 is 11.9 Å². The summed E-state index contributed by atoms with van der Waals surface area (Å²) >= 11 is 0. The van der Waals surface area contributed by atoms with E-state index in [0.717, 1.165) is 38.5 Å². The second-order valence-corrected chi connectivity index (χ2v) is 6.76. The summed E-state index contributed by atoms with van der Waals surface area (Å²) < 4.78 is 5.51. The van der Waals surface area contributed by atoms with Gasteiger partial charge in [-0.2, -0.15) is 0 Å². The molecule has 0 radical (unpaired) electrons. The molecule has 0 aromatic heterocycles. The fourth-order valence-electron chi connectivity index (χ4n) is 3.86. The summed E-state index contributed by atoms with van der Waals surface area (Å²) in [6.07, 6.45) is 6.07. The first-order valence-electron chi connectivity index (χ1n) is 7.56. The van der Waals surface area contributed by atoms with E-state index in [-0.39, 0.29) is 22.8 Å². The SMILES string of the molecule is COC1(CC(=O)N2CCC3(CC2)CC3C(=O)O)CCC1. The smallest absolute Gasteiger partial charge is 0.307 e. The third-order valence-electron chi connectivity index (χ3n) is 5.77. The maximum Gasteiger partial charge on any atom is 0.307 e. The number of ether oxygens (including phenoxy) is 1. The summed E-state index contributed by atoms with van der Waals surface area (Å²) in [5.41, 5.74) is -0.215. The molecule has 1 saturated heterocycles. The van der Waals surface area contributed by atoms with Crippen LogP contribution in [0, 0.1) is 11.3 Å². The van der Waals surface area contributed by atoms with E-state index in [2.05, 4.69) is 0 Å². The Morgan fingerprint density at radius 1 is 1.25 bits per heavy atom. The molecule has 0 aromatic carbocycles. The number of rotatable bonds is 4. The number of carbonyl (C=O) groups is 2. The first-order valence-corrected chi connectivity index (χ1v) is 7.56. The second kappa shape index (κ2) is 4.72. The quantitative estimate of drug-likeness (QED) is 0.851. The van der Waals surface area contributed by atoms with Gasteiger partial charge in [0.1, 0.15) is 0 Å². The van der Waals surface area contributed by atoms with Crippen LogP contribution in [0.25, 0.3) is 0 Å². The normalized spacial score (nSPS) is 29.9. The molecule has 1 aliphatic heterocycles. The number of piperidine rings is 1. The summed E-state index contributed by atoms with van der Waals surface area (Å²) in [4.78, 5) is 25.3. The van der Waals surface area contributed by atoms with E-state index >= 15 is 0 Å². The number of methoxy groups -OCH3 is 1. The molecule has 3 fully saturated rings. The summed E-state index contributed by atoms with van der Waals surface area (Å²) in [6, 6.07) is 0. The lowest BCUT2D eigenvalue weighted by atomic mass is 9.77. The van der Waals surface area contributed by atoms with Gasteiger partial charge < -0.3 is 14.7 Å². The van der Waals surface area contributed by atoms with Gasteiger partial charge in [0.05, 0.1) is 17.9 Å². The van der Waals surface area contributed by atoms with Crippen LogP contribution >= 0.6 is 0 Å². The molecule has 5 nitrogen and oxygen atoms in total. The van der Waals surface area contributed by atoms with Crippen LogP contribution in [0.15, 0.2) is 0 Å². The van der Waals surface area contributed by atoms with Gasteiger partial charge in [0.2, 0.25) is 5.91 Å². The van der Waals surface area contributed by atoms with Gasteiger partial charge >= 0.3 is 5.97 Å². The van der Waals surface area contributed by atoms with E-state index in [1.165, 1.54) is 0 Å². The van der Waals surface area contributed by atoms with Gasteiger partial charge in [0.25, 0.3) is 0 Å². The molecule has 3 aliphatic rings. The van der Waals surface area contributed by atoms with Crippen LogP contribution in [-0.4, -0.2) is 47.7 Å². The van der Waals surface area contributed by atoms with Crippen LogP contribution in [0.2, 0.25) is 0 Å².